The summed E-state index contributed by atoms with van der Waals surface area (Å²) in [5.74, 6) is -0.380. The summed E-state index contributed by atoms with van der Waals surface area (Å²) in [6.07, 6.45) is 0.429. The highest BCUT2D eigenvalue weighted by molar-refractivity contribution is 7.90. The van der Waals surface area contributed by atoms with Gasteiger partial charge in [0, 0.05) is 21.3 Å². The van der Waals surface area contributed by atoms with Gasteiger partial charge >= 0.3 is 0 Å². The topological polar surface area (TPSA) is 101 Å². The molecular formula is C19H17Cl2N3O4S. The van der Waals surface area contributed by atoms with Crippen LogP contribution in [-0.2, 0) is 16.4 Å². The summed E-state index contributed by atoms with van der Waals surface area (Å²) in [7, 11) is -2.82. The number of imidazole rings is 1. The molecule has 0 aliphatic carbocycles. The number of benzene rings is 2. The summed E-state index contributed by atoms with van der Waals surface area (Å²) in [5, 5.41) is 0.818. The van der Waals surface area contributed by atoms with E-state index in [0.29, 0.717) is 33.5 Å². The third-order valence-corrected chi connectivity index (χ3v) is 5.88. The number of rotatable bonds is 6. The standard InChI is InChI=1S/C19H17Cl2N3O4S/c1-3-14-17(23-18(22-14)11-8-12(20)10-13(21)9-11)19(25)24-29(26,27)16-7-5-4-6-15(16)28-2/h4-10H,3H2,1-2H3,(H,22,23)(H,24,25). The zero-order chi connectivity index (χ0) is 21.2. The number of aromatic nitrogens is 2. The van der Waals surface area contributed by atoms with Crippen LogP contribution in [0.25, 0.3) is 11.4 Å². The number of halogens is 2. The van der Waals surface area contributed by atoms with Crippen LogP contribution in [0.3, 0.4) is 0 Å². The zero-order valence-electron chi connectivity index (χ0n) is 15.5. The van der Waals surface area contributed by atoms with Gasteiger partial charge in [0.05, 0.1) is 7.11 Å². The number of hydrogen-bond acceptors (Lipinski definition) is 5. The lowest BCUT2D eigenvalue weighted by molar-refractivity contribution is 0.0976. The molecule has 3 aromatic rings. The fourth-order valence-electron chi connectivity index (χ4n) is 2.75. The summed E-state index contributed by atoms with van der Waals surface area (Å²) in [4.78, 5) is 19.9. The number of sulfonamides is 1. The predicted molar refractivity (Wildman–Crippen MR) is 111 cm³/mol. The smallest absolute Gasteiger partial charge is 0.285 e. The van der Waals surface area contributed by atoms with Gasteiger partial charge in [-0.1, -0.05) is 42.3 Å². The van der Waals surface area contributed by atoms with Crippen LogP contribution in [0, 0.1) is 0 Å². The van der Waals surface area contributed by atoms with Gasteiger partial charge in [-0.05, 0) is 36.8 Å². The number of hydrogen-bond donors (Lipinski definition) is 2. The molecule has 0 fully saturated rings. The molecule has 1 aromatic heterocycles. The van der Waals surface area contributed by atoms with Gasteiger partial charge in [-0.3, -0.25) is 4.79 Å². The Labute approximate surface area is 178 Å². The lowest BCUT2D eigenvalue weighted by atomic mass is 10.2. The van der Waals surface area contributed by atoms with E-state index in [9.17, 15) is 13.2 Å². The van der Waals surface area contributed by atoms with Crippen molar-refractivity contribution in [3.8, 4) is 17.1 Å². The molecule has 0 saturated heterocycles. The first-order valence-corrected chi connectivity index (χ1v) is 10.7. The van der Waals surface area contributed by atoms with E-state index in [1.165, 1.54) is 25.3 Å². The first-order valence-electron chi connectivity index (χ1n) is 8.50. The normalized spacial score (nSPS) is 11.3. The van der Waals surface area contributed by atoms with E-state index in [1.54, 1.807) is 24.3 Å². The first kappa shape index (κ1) is 21.2. The molecular weight excluding hydrogens is 437 g/mol. The summed E-state index contributed by atoms with van der Waals surface area (Å²) in [6.45, 7) is 1.81. The van der Waals surface area contributed by atoms with E-state index in [4.69, 9.17) is 27.9 Å². The number of H-pyrrole nitrogens is 1. The van der Waals surface area contributed by atoms with Crippen molar-refractivity contribution >= 4 is 39.1 Å². The zero-order valence-corrected chi connectivity index (χ0v) is 17.8. The molecule has 0 aliphatic rings. The molecule has 0 saturated carbocycles. The Morgan fingerprint density at radius 2 is 1.83 bits per heavy atom. The van der Waals surface area contributed by atoms with Gasteiger partial charge in [-0.25, -0.2) is 18.1 Å². The lowest BCUT2D eigenvalue weighted by Crippen LogP contribution is -2.31. The molecule has 2 N–H and O–H groups in total. The Balaban J connectivity index is 1.96. The van der Waals surface area contributed by atoms with E-state index in [1.807, 2.05) is 11.6 Å². The third-order valence-electron chi connectivity index (χ3n) is 4.07. The van der Waals surface area contributed by atoms with E-state index in [2.05, 4.69) is 9.97 Å². The maximum Gasteiger partial charge on any atom is 0.285 e. The Morgan fingerprint density at radius 3 is 2.45 bits per heavy atom. The number of ether oxygens (including phenoxy) is 1. The van der Waals surface area contributed by atoms with Crippen LogP contribution in [-0.4, -0.2) is 31.4 Å². The number of amides is 1. The molecule has 3 rings (SSSR count). The minimum atomic E-state index is -4.16. The van der Waals surface area contributed by atoms with E-state index in [-0.39, 0.29) is 16.3 Å². The van der Waals surface area contributed by atoms with Gasteiger partial charge in [-0.15, -0.1) is 0 Å². The number of aromatic amines is 1. The van der Waals surface area contributed by atoms with E-state index < -0.39 is 15.9 Å². The van der Waals surface area contributed by atoms with Gasteiger partial charge < -0.3 is 9.72 Å². The Kier molecular flexibility index (Phi) is 6.16. The molecule has 0 bridgehead atoms. The SMILES string of the molecule is CCc1[nH]c(-c2cc(Cl)cc(Cl)c2)nc1C(=O)NS(=O)(=O)c1ccccc1OC. The molecule has 1 heterocycles. The molecule has 7 nitrogen and oxygen atoms in total. The molecule has 29 heavy (non-hydrogen) atoms. The molecule has 0 unspecified atom stereocenters. The van der Waals surface area contributed by atoms with Crippen molar-refractivity contribution in [2.24, 2.45) is 0 Å². The number of nitrogens with one attached hydrogen (secondary N) is 2. The Morgan fingerprint density at radius 1 is 1.17 bits per heavy atom. The highest BCUT2D eigenvalue weighted by Gasteiger charge is 2.26. The van der Waals surface area contributed by atoms with Crippen LogP contribution in [0.2, 0.25) is 10.0 Å². The quantitative estimate of drug-likeness (QED) is 0.585. The molecule has 0 aliphatic heterocycles. The van der Waals surface area contributed by atoms with Gasteiger partial charge in [0.15, 0.2) is 5.69 Å². The van der Waals surface area contributed by atoms with Crippen molar-refractivity contribution in [3.63, 3.8) is 0 Å². The minimum absolute atomic E-state index is 0.0305. The molecule has 2 aromatic carbocycles. The number of nitrogens with zero attached hydrogens (tertiary/aromatic N) is 1. The average molecular weight is 454 g/mol. The largest absolute Gasteiger partial charge is 0.495 e. The fourth-order valence-corrected chi connectivity index (χ4v) is 4.40. The van der Waals surface area contributed by atoms with Crippen LogP contribution < -0.4 is 9.46 Å². The van der Waals surface area contributed by atoms with E-state index in [0.717, 1.165) is 0 Å². The summed E-state index contributed by atoms with van der Waals surface area (Å²) in [5.41, 5.74) is 1.02. The molecule has 152 valence electrons. The van der Waals surface area contributed by atoms with Crippen molar-refractivity contribution in [3.05, 3.63) is 63.9 Å². The van der Waals surface area contributed by atoms with Crippen LogP contribution >= 0.6 is 23.2 Å². The minimum Gasteiger partial charge on any atom is -0.495 e. The summed E-state index contributed by atoms with van der Waals surface area (Å²) >= 11 is 12.1. The Hall–Kier alpha value is -2.55. The molecule has 0 atom stereocenters. The van der Waals surface area contributed by atoms with Crippen LogP contribution in [0.5, 0.6) is 5.75 Å². The second-order valence-electron chi connectivity index (χ2n) is 6.01. The Bertz CT molecular complexity index is 1160. The van der Waals surface area contributed by atoms with Crippen molar-refractivity contribution in [1.29, 1.82) is 0 Å². The van der Waals surface area contributed by atoms with Crippen molar-refractivity contribution < 1.29 is 17.9 Å². The first-order chi connectivity index (χ1) is 13.7. The fraction of sp³-hybridized carbons (Fsp3) is 0.158. The maximum absolute atomic E-state index is 12.7. The molecule has 0 spiro atoms. The van der Waals surface area contributed by atoms with Crippen molar-refractivity contribution in [2.75, 3.05) is 7.11 Å². The third kappa shape index (κ3) is 4.55. The molecule has 0 radical (unpaired) electrons. The number of aryl methyl sites for hydroxylation is 1. The number of carbonyl (C=O) groups excluding carboxylic acids is 1. The molecule has 1 amide bonds. The van der Waals surface area contributed by atoms with Crippen LogP contribution in [0.15, 0.2) is 47.4 Å². The maximum atomic E-state index is 12.7. The number of methoxy groups -OCH3 is 1. The number of carbonyl (C=O) groups is 1. The predicted octanol–water partition coefficient (Wildman–Crippen LogP) is 4.07. The van der Waals surface area contributed by atoms with E-state index >= 15 is 0 Å². The average Bonchev–Trinajstić information content (AvgIpc) is 3.11. The second-order valence-corrected chi connectivity index (χ2v) is 8.53. The second kappa shape index (κ2) is 8.44. The van der Waals surface area contributed by atoms with Crippen molar-refractivity contribution in [2.45, 2.75) is 18.2 Å². The van der Waals surface area contributed by atoms with Crippen LogP contribution in [0.1, 0.15) is 23.1 Å². The van der Waals surface area contributed by atoms with Gasteiger partial charge in [-0.2, -0.15) is 0 Å². The van der Waals surface area contributed by atoms with Crippen LogP contribution in [0.4, 0.5) is 0 Å². The monoisotopic (exact) mass is 453 g/mol. The number of para-hydroxylation sites is 1. The summed E-state index contributed by atoms with van der Waals surface area (Å²) in [6, 6.07) is 10.9. The van der Waals surface area contributed by atoms with Gasteiger partial charge in [0.2, 0.25) is 0 Å². The molecule has 10 heteroatoms. The lowest BCUT2D eigenvalue weighted by Gasteiger charge is -2.10. The van der Waals surface area contributed by atoms with Crippen molar-refractivity contribution in [1.82, 2.24) is 14.7 Å². The van der Waals surface area contributed by atoms with Gasteiger partial charge in [0.1, 0.15) is 16.5 Å². The highest BCUT2D eigenvalue weighted by atomic mass is 35.5. The van der Waals surface area contributed by atoms with Gasteiger partial charge in [0.25, 0.3) is 15.9 Å². The highest BCUT2D eigenvalue weighted by Crippen LogP contribution is 2.27. The summed E-state index contributed by atoms with van der Waals surface area (Å²) < 4.78 is 32.5.